The third-order valence-corrected chi connectivity index (χ3v) is 4.87. The summed E-state index contributed by atoms with van der Waals surface area (Å²) >= 11 is 2.68. The fourth-order valence-electron chi connectivity index (χ4n) is 1.96. The molecular weight excluding hydrogens is 318 g/mol. The van der Waals surface area contributed by atoms with E-state index in [0.717, 1.165) is 5.56 Å². The number of carbonyl (C=O) groups excluding carboxylic acids is 2. The summed E-state index contributed by atoms with van der Waals surface area (Å²) in [6.07, 6.45) is 0. The van der Waals surface area contributed by atoms with E-state index in [1.54, 1.807) is 11.0 Å². The van der Waals surface area contributed by atoms with Crippen LogP contribution in [-0.4, -0.2) is 27.6 Å². The van der Waals surface area contributed by atoms with Crippen LogP contribution < -0.4 is 5.43 Å². The number of thioether (sulfide) groups is 1. The van der Waals surface area contributed by atoms with Crippen molar-refractivity contribution in [3.05, 3.63) is 58.3 Å². The van der Waals surface area contributed by atoms with Gasteiger partial charge in [-0.15, -0.1) is 16.4 Å². The lowest BCUT2D eigenvalue weighted by Crippen LogP contribution is -2.31. The molecule has 2 aromatic rings. The Bertz CT molecular complexity index is 699. The second-order valence-electron chi connectivity index (χ2n) is 4.57. The minimum atomic E-state index is -0.262. The first-order chi connectivity index (χ1) is 10.7. The number of amides is 2. The number of thiophene rings is 1. The van der Waals surface area contributed by atoms with Crippen LogP contribution in [0.25, 0.3) is 0 Å². The van der Waals surface area contributed by atoms with Crippen LogP contribution in [-0.2, 0) is 11.3 Å². The van der Waals surface area contributed by atoms with Crippen LogP contribution in [0.3, 0.4) is 0 Å². The van der Waals surface area contributed by atoms with E-state index >= 15 is 0 Å². The molecule has 0 atom stereocenters. The van der Waals surface area contributed by atoms with Crippen LogP contribution in [0.5, 0.6) is 0 Å². The molecule has 0 aliphatic carbocycles. The molecular formula is C15H13N3O2S2. The van der Waals surface area contributed by atoms with Crippen molar-refractivity contribution >= 4 is 40.1 Å². The van der Waals surface area contributed by atoms with E-state index in [0.29, 0.717) is 22.3 Å². The molecule has 0 bridgehead atoms. The highest BCUT2D eigenvalue weighted by Crippen LogP contribution is 2.21. The Labute approximate surface area is 136 Å². The highest BCUT2D eigenvalue weighted by molar-refractivity contribution is 8.15. The number of amidine groups is 1. The summed E-state index contributed by atoms with van der Waals surface area (Å²) < 4.78 is 0. The number of nitrogens with zero attached hydrogens (tertiary/aromatic N) is 2. The Morgan fingerprint density at radius 1 is 1.23 bits per heavy atom. The van der Waals surface area contributed by atoms with Gasteiger partial charge in [-0.2, -0.15) is 0 Å². The molecule has 0 unspecified atom stereocenters. The zero-order chi connectivity index (χ0) is 15.4. The molecule has 22 heavy (non-hydrogen) atoms. The summed E-state index contributed by atoms with van der Waals surface area (Å²) in [7, 11) is 0. The molecule has 5 nitrogen and oxygen atoms in total. The van der Waals surface area contributed by atoms with Crippen molar-refractivity contribution in [2.24, 2.45) is 5.10 Å². The third kappa shape index (κ3) is 3.37. The SMILES string of the molecule is O=C(N/N=C1/SCC(=O)N1Cc1ccccc1)c1cccs1. The van der Waals surface area contributed by atoms with Gasteiger partial charge in [0.15, 0.2) is 5.17 Å². The molecule has 1 saturated heterocycles. The number of rotatable bonds is 4. The molecule has 2 amide bonds. The smallest absolute Gasteiger partial charge is 0.281 e. The van der Waals surface area contributed by atoms with Crippen molar-refractivity contribution in [3.8, 4) is 0 Å². The van der Waals surface area contributed by atoms with Gasteiger partial charge in [-0.25, -0.2) is 5.43 Å². The number of hydrogen-bond acceptors (Lipinski definition) is 5. The summed E-state index contributed by atoms with van der Waals surface area (Å²) in [6.45, 7) is 0.459. The zero-order valence-corrected chi connectivity index (χ0v) is 13.2. The molecule has 0 spiro atoms. The average Bonchev–Trinajstić information content (AvgIpc) is 3.18. The monoisotopic (exact) mass is 331 g/mol. The summed E-state index contributed by atoms with van der Waals surface area (Å²) in [5.74, 6) is 0.0839. The van der Waals surface area contributed by atoms with E-state index in [9.17, 15) is 9.59 Å². The van der Waals surface area contributed by atoms with Gasteiger partial charge in [-0.05, 0) is 17.0 Å². The Morgan fingerprint density at radius 2 is 2.05 bits per heavy atom. The fraction of sp³-hybridized carbons (Fsp3) is 0.133. The molecule has 112 valence electrons. The maximum atomic E-state index is 12.0. The summed E-state index contributed by atoms with van der Waals surface area (Å²) in [6, 6.07) is 13.2. The lowest BCUT2D eigenvalue weighted by atomic mass is 10.2. The molecule has 1 aliphatic heterocycles. The summed E-state index contributed by atoms with van der Waals surface area (Å²) in [5, 5.41) is 6.46. The van der Waals surface area contributed by atoms with E-state index < -0.39 is 0 Å². The molecule has 1 N–H and O–H groups in total. The number of hydrazone groups is 1. The van der Waals surface area contributed by atoms with E-state index in [2.05, 4.69) is 10.5 Å². The summed E-state index contributed by atoms with van der Waals surface area (Å²) in [4.78, 5) is 26.0. The van der Waals surface area contributed by atoms with Gasteiger partial charge in [0, 0.05) is 0 Å². The van der Waals surface area contributed by atoms with Crippen LogP contribution in [0, 0.1) is 0 Å². The highest BCUT2D eigenvalue weighted by Gasteiger charge is 2.28. The lowest BCUT2D eigenvalue weighted by molar-refractivity contribution is -0.124. The Kier molecular flexibility index (Phi) is 4.55. The predicted molar refractivity (Wildman–Crippen MR) is 88.7 cm³/mol. The van der Waals surface area contributed by atoms with Crippen LogP contribution in [0.15, 0.2) is 52.9 Å². The number of carbonyl (C=O) groups is 2. The first-order valence-electron chi connectivity index (χ1n) is 6.62. The quantitative estimate of drug-likeness (QED) is 0.876. The van der Waals surface area contributed by atoms with E-state index in [-0.39, 0.29) is 11.8 Å². The molecule has 1 aromatic heterocycles. The van der Waals surface area contributed by atoms with Crippen LogP contribution in [0.4, 0.5) is 0 Å². The Hall–Kier alpha value is -2.12. The number of nitrogens with one attached hydrogen (secondary N) is 1. The summed E-state index contributed by atoms with van der Waals surface area (Å²) in [5.41, 5.74) is 3.53. The molecule has 3 rings (SSSR count). The maximum absolute atomic E-state index is 12.0. The van der Waals surface area contributed by atoms with Crippen LogP contribution in [0.1, 0.15) is 15.2 Å². The van der Waals surface area contributed by atoms with Crippen LogP contribution >= 0.6 is 23.1 Å². The molecule has 7 heteroatoms. The van der Waals surface area contributed by atoms with Gasteiger partial charge in [0.2, 0.25) is 5.91 Å². The first-order valence-corrected chi connectivity index (χ1v) is 8.49. The van der Waals surface area contributed by atoms with Crippen molar-refractivity contribution in [3.63, 3.8) is 0 Å². The van der Waals surface area contributed by atoms with Crippen molar-refractivity contribution < 1.29 is 9.59 Å². The van der Waals surface area contributed by atoms with Crippen LogP contribution in [0.2, 0.25) is 0 Å². The second kappa shape index (κ2) is 6.76. The largest absolute Gasteiger partial charge is 0.285 e. The number of benzene rings is 1. The molecule has 1 aromatic carbocycles. The Morgan fingerprint density at radius 3 is 2.77 bits per heavy atom. The lowest BCUT2D eigenvalue weighted by Gasteiger charge is -2.15. The van der Waals surface area contributed by atoms with E-state index in [1.807, 2.05) is 41.8 Å². The van der Waals surface area contributed by atoms with Gasteiger partial charge in [0.25, 0.3) is 5.91 Å². The van der Waals surface area contributed by atoms with Gasteiger partial charge in [0.1, 0.15) is 0 Å². The van der Waals surface area contributed by atoms with E-state index in [4.69, 9.17) is 0 Å². The Balaban J connectivity index is 1.70. The molecule has 0 radical (unpaired) electrons. The minimum Gasteiger partial charge on any atom is -0.285 e. The van der Waals surface area contributed by atoms with Crippen molar-refractivity contribution in [1.82, 2.24) is 10.3 Å². The molecule has 1 aliphatic rings. The maximum Gasteiger partial charge on any atom is 0.281 e. The van der Waals surface area contributed by atoms with Gasteiger partial charge in [-0.1, -0.05) is 48.2 Å². The molecule has 1 fully saturated rings. The van der Waals surface area contributed by atoms with E-state index in [1.165, 1.54) is 23.1 Å². The predicted octanol–water partition coefficient (Wildman–Crippen LogP) is 2.52. The normalized spacial score (nSPS) is 16.3. The van der Waals surface area contributed by atoms with Gasteiger partial charge in [-0.3, -0.25) is 14.5 Å². The molecule has 2 heterocycles. The van der Waals surface area contributed by atoms with Gasteiger partial charge in [0.05, 0.1) is 17.2 Å². The fourth-order valence-corrected chi connectivity index (χ4v) is 3.42. The zero-order valence-electron chi connectivity index (χ0n) is 11.6. The third-order valence-electron chi connectivity index (χ3n) is 3.04. The minimum absolute atomic E-state index is 0.00187. The topological polar surface area (TPSA) is 61.8 Å². The first kappa shape index (κ1) is 14.8. The second-order valence-corrected chi connectivity index (χ2v) is 6.46. The van der Waals surface area contributed by atoms with Gasteiger partial charge < -0.3 is 0 Å². The van der Waals surface area contributed by atoms with Gasteiger partial charge >= 0.3 is 0 Å². The molecule has 0 saturated carbocycles. The standard InChI is InChI=1S/C15H13N3O2S2/c19-13-10-22-15(17-16-14(20)12-7-4-8-21-12)18(13)9-11-5-2-1-3-6-11/h1-8H,9-10H2,(H,16,20)/b17-15+. The average molecular weight is 331 g/mol. The highest BCUT2D eigenvalue weighted by atomic mass is 32.2. The van der Waals surface area contributed by atoms with Crippen molar-refractivity contribution in [2.75, 3.05) is 5.75 Å². The number of hydrogen-bond donors (Lipinski definition) is 1. The van der Waals surface area contributed by atoms with Crippen molar-refractivity contribution in [1.29, 1.82) is 0 Å². The van der Waals surface area contributed by atoms with Crippen molar-refractivity contribution in [2.45, 2.75) is 6.54 Å².